The predicted octanol–water partition coefficient (Wildman–Crippen LogP) is 2.23. The van der Waals surface area contributed by atoms with Crippen LogP contribution >= 0.6 is 11.3 Å². The number of hydrogen-bond acceptors (Lipinski definition) is 5. The van der Waals surface area contributed by atoms with E-state index in [1.165, 1.54) is 46.8 Å². The summed E-state index contributed by atoms with van der Waals surface area (Å²) < 4.78 is 26.7. The van der Waals surface area contributed by atoms with Gasteiger partial charge in [0.15, 0.2) is 0 Å². The lowest BCUT2D eigenvalue weighted by molar-refractivity contribution is -0.268. The number of carboxylic acid groups (broad SMARTS) is 1. The largest absolute Gasteiger partial charge is 0.872 e. The van der Waals surface area contributed by atoms with Crippen molar-refractivity contribution in [2.24, 2.45) is 0 Å². The molecule has 0 bridgehead atoms. The van der Waals surface area contributed by atoms with Gasteiger partial charge in [-0.15, -0.1) is 17.1 Å². The van der Waals surface area contributed by atoms with Gasteiger partial charge in [0.25, 0.3) is 10.0 Å². The molecule has 2 heterocycles. The van der Waals surface area contributed by atoms with Gasteiger partial charge >= 0.3 is 5.97 Å². The molecule has 1 aromatic carbocycles. The molecule has 0 saturated carbocycles. The highest BCUT2D eigenvalue weighted by molar-refractivity contribution is 7.91. The highest BCUT2D eigenvalue weighted by Crippen LogP contribution is 2.32. The number of rotatable bonds is 5. The van der Waals surface area contributed by atoms with Crippen LogP contribution in [0.15, 0.2) is 40.6 Å². The number of hydrogen-bond donors (Lipinski definition) is 1. The van der Waals surface area contributed by atoms with Crippen LogP contribution in [0.2, 0.25) is 0 Å². The van der Waals surface area contributed by atoms with Crippen LogP contribution in [0.4, 0.5) is 0 Å². The lowest BCUT2D eigenvalue weighted by Crippen LogP contribution is -2.27. The molecule has 1 aliphatic heterocycles. The van der Waals surface area contributed by atoms with E-state index in [-0.39, 0.29) is 15.5 Å². The molecule has 1 aromatic heterocycles. The van der Waals surface area contributed by atoms with Gasteiger partial charge in [0, 0.05) is 18.0 Å². The normalized spacial score (nSPS) is 16.2. The van der Waals surface area contributed by atoms with Gasteiger partial charge in [0.05, 0.1) is 5.57 Å². The van der Waals surface area contributed by atoms with Crippen molar-refractivity contribution in [1.82, 2.24) is 4.31 Å². The molecule has 0 unspecified atom stereocenters. The fourth-order valence-corrected chi connectivity index (χ4v) is 5.61. The molecule has 3 rings (SSSR count). The van der Waals surface area contributed by atoms with E-state index in [1.807, 2.05) is 0 Å². The second-order valence-electron chi connectivity index (χ2n) is 5.66. The van der Waals surface area contributed by atoms with Gasteiger partial charge in [-0.2, -0.15) is 4.31 Å². The molecule has 0 aliphatic carbocycles. The van der Waals surface area contributed by atoms with E-state index < -0.39 is 16.0 Å². The number of carboxylic acids is 1. The topological polar surface area (TPSA) is 97.7 Å². The zero-order valence-corrected chi connectivity index (χ0v) is 14.8. The Morgan fingerprint density at radius 1 is 1.12 bits per heavy atom. The number of aliphatic carboxylic acids is 1. The van der Waals surface area contributed by atoms with E-state index >= 15 is 0 Å². The van der Waals surface area contributed by atoms with Crippen molar-refractivity contribution < 1.29 is 23.4 Å². The van der Waals surface area contributed by atoms with Crippen LogP contribution in [-0.4, -0.2) is 36.9 Å². The number of thiophene rings is 1. The van der Waals surface area contributed by atoms with Gasteiger partial charge in [-0.3, -0.25) is 0 Å². The fourth-order valence-electron chi connectivity index (χ4n) is 2.63. The molecule has 0 spiro atoms. The smallest absolute Gasteiger partial charge is 0.337 e. The highest BCUT2D eigenvalue weighted by Gasteiger charge is 2.29. The molecule has 2 aromatic rings. The Morgan fingerprint density at radius 3 is 2.36 bits per heavy atom. The van der Waals surface area contributed by atoms with Crippen LogP contribution in [-0.2, 0) is 14.8 Å². The van der Waals surface area contributed by atoms with Gasteiger partial charge < -0.3 is 10.2 Å². The SMILES string of the molecule is O=C(O)/C(=C\c1ccc([O-])cc1)c1ccc(S(=O)(=O)N2CCCC2)s1. The Morgan fingerprint density at radius 2 is 1.76 bits per heavy atom. The summed E-state index contributed by atoms with van der Waals surface area (Å²) >= 11 is 0.945. The summed E-state index contributed by atoms with van der Waals surface area (Å²) in [6, 6.07) is 8.72. The zero-order valence-electron chi connectivity index (χ0n) is 13.2. The van der Waals surface area contributed by atoms with Gasteiger partial charge in [-0.1, -0.05) is 24.3 Å². The first-order valence-electron chi connectivity index (χ1n) is 7.70. The van der Waals surface area contributed by atoms with E-state index in [0.717, 1.165) is 24.2 Å². The molecule has 0 radical (unpaired) electrons. The van der Waals surface area contributed by atoms with Gasteiger partial charge in [-0.05, 0) is 36.6 Å². The second kappa shape index (κ2) is 6.99. The molecule has 0 atom stereocenters. The lowest BCUT2D eigenvalue weighted by Gasteiger charge is -2.13. The minimum atomic E-state index is -3.57. The molecule has 1 saturated heterocycles. The number of nitrogens with zero attached hydrogens (tertiary/aromatic N) is 1. The maximum Gasteiger partial charge on any atom is 0.337 e. The molecule has 0 amide bonds. The Hall–Kier alpha value is -2.16. The molecule has 1 aliphatic rings. The Kier molecular flexibility index (Phi) is 4.94. The minimum Gasteiger partial charge on any atom is -0.872 e. The molecule has 132 valence electrons. The number of carbonyl (C=O) groups is 1. The molecular formula is C17H16NO5S2-. The van der Waals surface area contributed by atoms with Crippen LogP contribution in [0, 0.1) is 0 Å². The summed E-state index contributed by atoms with van der Waals surface area (Å²) in [5.74, 6) is -1.32. The van der Waals surface area contributed by atoms with Crippen LogP contribution in [0.5, 0.6) is 5.75 Å². The first-order valence-corrected chi connectivity index (χ1v) is 9.96. The summed E-state index contributed by atoms with van der Waals surface area (Å²) in [7, 11) is -3.57. The summed E-state index contributed by atoms with van der Waals surface area (Å²) in [6.07, 6.45) is 3.11. The highest BCUT2D eigenvalue weighted by atomic mass is 32.2. The molecule has 6 nitrogen and oxygen atoms in total. The van der Waals surface area contributed by atoms with Gasteiger partial charge in [0.1, 0.15) is 4.21 Å². The summed E-state index contributed by atoms with van der Waals surface area (Å²) in [5.41, 5.74) is 0.556. The van der Waals surface area contributed by atoms with Crippen LogP contribution < -0.4 is 5.11 Å². The first-order chi connectivity index (χ1) is 11.9. The first kappa shape index (κ1) is 17.7. The van der Waals surface area contributed by atoms with Crippen molar-refractivity contribution in [3.8, 4) is 5.75 Å². The van der Waals surface area contributed by atoms with E-state index in [0.29, 0.717) is 23.5 Å². The Labute approximate surface area is 149 Å². The third-order valence-corrected chi connectivity index (χ3v) is 7.41. The lowest BCUT2D eigenvalue weighted by atomic mass is 10.1. The Bertz CT molecular complexity index is 907. The van der Waals surface area contributed by atoms with E-state index in [2.05, 4.69) is 0 Å². The maximum absolute atomic E-state index is 12.6. The minimum absolute atomic E-state index is 0.00785. The average molecular weight is 378 g/mol. The van der Waals surface area contributed by atoms with E-state index in [1.54, 1.807) is 0 Å². The van der Waals surface area contributed by atoms with Crippen molar-refractivity contribution in [2.75, 3.05) is 13.1 Å². The third-order valence-electron chi connectivity index (χ3n) is 3.93. The van der Waals surface area contributed by atoms with Crippen LogP contribution in [0.25, 0.3) is 11.6 Å². The van der Waals surface area contributed by atoms with E-state index in [4.69, 9.17) is 0 Å². The summed E-state index contributed by atoms with van der Waals surface area (Å²) in [5, 5.41) is 20.6. The maximum atomic E-state index is 12.6. The van der Waals surface area contributed by atoms with Crippen LogP contribution in [0.1, 0.15) is 23.3 Å². The summed E-state index contributed by atoms with van der Waals surface area (Å²) in [4.78, 5) is 12.0. The van der Waals surface area contributed by atoms with Gasteiger partial charge in [0.2, 0.25) is 0 Å². The molecule has 8 heteroatoms. The van der Waals surface area contributed by atoms with Gasteiger partial charge in [-0.25, -0.2) is 13.2 Å². The van der Waals surface area contributed by atoms with E-state index in [9.17, 15) is 23.4 Å². The second-order valence-corrected chi connectivity index (χ2v) is 8.91. The quantitative estimate of drug-likeness (QED) is 0.805. The third kappa shape index (κ3) is 3.76. The Balaban J connectivity index is 1.95. The zero-order chi connectivity index (χ0) is 18.0. The number of sulfonamides is 1. The van der Waals surface area contributed by atoms with Crippen molar-refractivity contribution in [1.29, 1.82) is 0 Å². The standard InChI is InChI=1S/C17H17NO5S2/c19-13-5-3-12(4-6-13)11-14(17(20)21)15-7-8-16(24-15)25(22,23)18-9-1-2-10-18/h3-8,11,19H,1-2,9-10H2,(H,20,21)/p-1/b14-11-. The molecule has 25 heavy (non-hydrogen) atoms. The average Bonchev–Trinajstić information content (AvgIpc) is 3.26. The monoisotopic (exact) mass is 378 g/mol. The van der Waals surface area contributed by atoms with Crippen molar-refractivity contribution in [3.05, 3.63) is 46.8 Å². The molecule has 1 N–H and O–H groups in total. The molecular weight excluding hydrogens is 362 g/mol. The number of benzene rings is 1. The van der Waals surface area contributed by atoms with Crippen molar-refractivity contribution in [3.63, 3.8) is 0 Å². The van der Waals surface area contributed by atoms with Crippen LogP contribution in [0.3, 0.4) is 0 Å². The summed E-state index contributed by atoms with van der Waals surface area (Å²) in [6.45, 7) is 0.997. The van der Waals surface area contributed by atoms with Crippen molar-refractivity contribution in [2.45, 2.75) is 17.1 Å². The predicted molar refractivity (Wildman–Crippen MR) is 93.7 cm³/mol. The molecule has 1 fully saturated rings. The van der Waals surface area contributed by atoms with Crippen molar-refractivity contribution >= 4 is 39.0 Å². The fraction of sp³-hybridized carbons (Fsp3) is 0.235.